The Morgan fingerprint density at radius 3 is 2.19 bits per heavy atom. The average Bonchev–Trinajstić information content (AvgIpc) is 3.50. The molecule has 0 saturated carbocycles. The molecule has 1 N–H and O–H groups in total. The van der Waals surface area contributed by atoms with E-state index in [9.17, 15) is 4.79 Å². The monoisotopic (exact) mass is 726 g/mol. The van der Waals surface area contributed by atoms with E-state index in [1.807, 2.05) is 12.3 Å². The molecule has 0 spiro atoms. The van der Waals surface area contributed by atoms with Crippen molar-refractivity contribution in [3.05, 3.63) is 139 Å². The van der Waals surface area contributed by atoms with Crippen molar-refractivity contribution >= 4 is 39.9 Å². The van der Waals surface area contributed by atoms with Crippen LogP contribution in [0.5, 0.6) is 0 Å². The van der Waals surface area contributed by atoms with Crippen molar-refractivity contribution in [3.63, 3.8) is 0 Å². The van der Waals surface area contributed by atoms with Gasteiger partial charge in [0.25, 0.3) is 0 Å². The van der Waals surface area contributed by atoms with Crippen molar-refractivity contribution in [1.29, 1.82) is 0 Å². The first kappa shape index (κ1) is 29.0. The number of allylic oxidation sites excluding steroid dienone is 2. The topological polar surface area (TPSA) is 55.1 Å². The van der Waals surface area contributed by atoms with Gasteiger partial charge in [-0.25, -0.2) is 0 Å². The summed E-state index contributed by atoms with van der Waals surface area (Å²) in [6.45, 7) is 2.90. The van der Waals surface area contributed by atoms with E-state index in [0.29, 0.717) is 0 Å². The van der Waals surface area contributed by atoms with Gasteiger partial charge < -0.3 is 14.7 Å². The molecule has 4 aromatic carbocycles. The number of aliphatic hydroxyl groups excluding tert-OH is 1. The number of benzene rings is 4. The smallest absolute Gasteiger partial charge is 0.204 e. The van der Waals surface area contributed by atoms with Gasteiger partial charge in [-0.2, -0.15) is 0 Å². The molecule has 0 amide bonds. The number of para-hydroxylation sites is 2. The summed E-state index contributed by atoms with van der Waals surface area (Å²) < 4.78 is 2.45. The maximum absolute atomic E-state index is 10.0. The van der Waals surface area contributed by atoms with E-state index in [-0.39, 0.29) is 39.3 Å². The van der Waals surface area contributed by atoms with Crippen LogP contribution in [0, 0.1) is 6.07 Å². The van der Waals surface area contributed by atoms with Crippen LogP contribution >= 0.6 is 0 Å². The molecule has 6 aromatic rings. The zero-order valence-corrected chi connectivity index (χ0v) is 25.5. The van der Waals surface area contributed by atoms with E-state index in [1.54, 1.807) is 0 Å². The van der Waals surface area contributed by atoms with E-state index in [4.69, 9.17) is 10.1 Å². The molecular weight excluding hydrogens is 698 g/mol. The third-order valence-corrected chi connectivity index (χ3v) is 7.26. The number of hydrogen-bond donors (Lipinski definition) is 1. The van der Waals surface area contributed by atoms with Crippen LogP contribution in [0.15, 0.2) is 133 Å². The van der Waals surface area contributed by atoms with E-state index >= 15 is 0 Å². The van der Waals surface area contributed by atoms with Gasteiger partial charge in [-0.1, -0.05) is 78.3 Å². The molecule has 6 heteroatoms. The summed E-state index contributed by atoms with van der Waals surface area (Å²) in [5.41, 5.74) is 10.8. The number of hydrogen-bond acceptors (Lipinski definition) is 3. The molecule has 0 unspecified atom stereocenters. The Morgan fingerprint density at radius 2 is 1.50 bits per heavy atom. The maximum Gasteiger partial charge on any atom is 0.204 e. The van der Waals surface area contributed by atoms with Crippen molar-refractivity contribution in [3.8, 4) is 28.1 Å². The number of fused-ring (bicyclic) bond motifs is 4. The fraction of sp³-hybridized carbons (Fsp3) is 0.0556. The van der Waals surface area contributed by atoms with Gasteiger partial charge in [-0.3, -0.25) is 4.79 Å². The summed E-state index contributed by atoms with van der Waals surface area (Å²) in [4.78, 5) is 14.8. The number of aromatic nitrogens is 2. The van der Waals surface area contributed by atoms with Crippen LogP contribution < -0.4 is 16.5 Å². The van der Waals surface area contributed by atoms with Gasteiger partial charge in [0.05, 0.1) is 11.3 Å². The summed E-state index contributed by atoms with van der Waals surface area (Å²) in [7, 11) is 0. The van der Waals surface area contributed by atoms with Crippen LogP contribution in [-0.4, -0.2) is 27.2 Å². The minimum atomic E-state index is -0.125. The van der Waals surface area contributed by atoms with Crippen LogP contribution in [-0.2, 0) is 25.9 Å². The van der Waals surface area contributed by atoms with E-state index in [2.05, 4.69) is 120 Å². The molecule has 1 aliphatic heterocycles. The molecule has 4 nitrogen and oxygen atoms in total. The number of carbonyl (C=O) groups is 1. The predicted octanol–water partition coefficient (Wildman–Crippen LogP) is 6.02. The average molecular weight is 727 g/mol. The van der Waals surface area contributed by atoms with Crippen molar-refractivity contribution in [2.24, 2.45) is 0 Å². The summed E-state index contributed by atoms with van der Waals surface area (Å²) >= 11 is 0. The molecule has 0 saturated heterocycles. The largest absolute Gasteiger partial charge is 0.512 e. The normalized spacial score (nSPS) is 11.7. The molecular formula is C36H28BN2O2Pt-. The van der Waals surface area contributed by atoms with Crippen LogP contribution in [0.25, 0.3) is 39.0 Å². The summed E-state index contributed by atoms with van der Waals surface area (Å²) in [5, 5.41) is 9.62. The fourth-order valence-corrected chi connectivity index (χ4v) is 5.81. The van der Waals surface area contributed by atoms with Crippen LogP contribution in [0.2, 0.25) is 0 Å². The van der Waals surface area contributed by atoms with Crippen LogP contribution in [0.3, 0.4) is 0 Å². The number of aliphatic hydroxyl groups is 1. The van der Waals surface area contributed by atoms with Gasteiger partial charge >= 0.3 is 0 Å². The third kappa shape index (κ3) is 5.41. The van der Waals surface area contributed by atoms with E-state index in [0.717, 1.165) is 16.9 Å². The maximum atomic E-state index is 10.0. The van der Waals surface area contributed by atoms with Gasteiger partial charge in [0.2, 0.25) is 6.71 Å². The second kappa shape index (κ2) is 12.6. The molecule has 0 atom stereocenters. The first-order valence-corrected chi connectivity index (χ1v) is 13.6. The molecule has 42 heavy (non-hydrogen) atoms. The number of rotatable bonds is 4. The molecule has 3 heterocycles. The van der Waals surface area contributed by atoms with Crippen molar-refractivity contribution in [2.45, 2.75) is 13.8 Å². The van der Waals surface area contributed by atoms with E-state index in [1.165, 1.54) is 58.5 Å². The predicted molar refractivity (Wildman–Crippen MR) is 169 cm³/mol. The first-order valence-electron chi connectivity index (χ1n) is 13.6. The van der Waals surface area contributed by atoms with Gasteiger partial charge in [0.1, 0.15) is 0 Å². The fourth-order valence-electron chi connectivity index (χ4n) is 5.81. The van der Waals surface area contributed by atoms with Crippen LogP contribution in [0.4, 0.5) is 0 Å². The SMILES string of the molecule is CC(=O)/C=C(/C)O.[Pt].[c-]1cccc2c1-c1ncccc1B2c1c(-c2ccccc2)c2ccccc2n1-c1ccccc1. The second-order valence-corrected chi connectivity index (χ2v) is 10.1. The second-order valence-electron chi connectivity index (χ2n) is 10.1. The molecule has 0 fully saturated rings. The number of ketones is 1. The van der Waals surface area contributed by atoms with Gasteiger partial charge in [0, 0.05) is 50.0 Å². The van der Waals surface area contributed by atoms with E-state index < -0.39 is 0 Å². The Hall–Kier alpha value is -4.47. The summed E-state index contributed by atoms with van der Waals surface area (Å²) in [6, 6.07) is 44.3. The summed E-state index contributed by atoms with van der Waals surface area (Å²) in [6.07, 6.45) is 3.05. The molecule has 0 aliphatic carbocycles. The minimum Gasteiger partial charge on any atom is -0.512 e. The zero-order chi connectivity index (χ0) is 28.3. The van der Waals surface area contributed by atoms with Gasteiger partial charge in [-0.15, -0.1) is 35.3 Å². The third-order valence-electron chi connectivity index (χ3n) is 7.26. The Balaban J connectivity index is 0.000000396. The van der Waals surface area contributed by atoms with Gasteiger partial charge in [0.15, 0.2) is 5.78 Å². The number of carbonyl (C=O) groups excluding carboxylic acids is 1. The minimum absolute atomic E-state index is 0. The molecule has 7 rings (SSSR count). The van der Waals surface area contributed by atoms with Gasteiger partial charge in [-0.05, 0) is 55.0 Å². The number of nitrogens with zero attached hydrogens (tertiary/aromatic N) is 2. The Morgan fingerprint density at radius 1 is 0.833 bits per heavy atom. The number of pyridine rings is 1. The van der Waals surface area contributed by atoms with Crippen molar-refractivity contribution in [2.75, 3.05) is 0 Å². The quantitative estimate of drug-likeness (QED) is 0.105. The Kier molecular flexibility index (Phi) is 8.70. The molecule has 0 bridgehead atoms. The molecule has 0 radical (unpaired) electrons. The van der Waals surface area contributed by atoms with Crippen molar-refractivity contribution in [1.82, 2.24) is 9.55 Å². The first-order chi connectivity index (χ1) is 20.0. The summed E-state index contributed by atoms with van der Waals surface area (Å²) in [5.74, 6) is -0.0625. The standard InChI is InChI=1S/C31H20BN2.C5H8O2.Pt/c1-3-12-22(13-4-1)29-25-17-8-10-20-28(25)34(23-14-5-2-6-15-23)31(29)32-26-18-9-7-16-24(26)30-27(32)19-11-21-33-30;1-4(6)3-5(2)7;/h1-15,17-21H;3,6H,1-2H3;/q-1;;/b;4-3-;. The molecule has 208 valence electrons. The Labute approximate surface area is 260 Å². The zero-order valence-electron chi connectivity index (χ0n) is 23.3. The molecule has 1 aliphatic rings. The Bertz CT molecular complexity index is 1770. The van der Waals surface area contributed by atoms with Crippen LogP contribution in [0.1, 0.15) is 13.8 Å². The van der Waals surface area contributed by atoms with Crippen molar-refractivity contribution < 1.29 is 31.0 Å². The molecule has 2 aromatic heterocycles.